The highest BCUT2D eigenvalue weighted by atomic mass is 16.5. The monoisotopic (exact) mass is 334 g/mol. The van der Waals surface area contributed by atoms with Crippen LogP contribution in [0.15, 0.2) is 42.5 Å². The van der Waals surface area contributed by atoms with Gasteiger partial charge in [0, 0.05) is 36.2 Å². The van der Waals surface area contributed by atoms with Crippen LogP contribution < -0.4 is 4.74 Å². The Balaban J connectivity index is 1.60. The predicted octanol–water partition coefficient (Wildman–Crippen LogP) is 3.61. The number of benzene rings is 2. The van der Waals surface area contributed by atoms with E-state index in [-0.39, 0.29) is 5.91 Å². The summed E-state index contributed by atoms with van der Waals surface area (Å²) >= 11 is 0. The third-order valence-corrected chi connectivity index (χ3v) is 5.15. The van der Waals surface area contributed by atoms with E-state index in [1.807, 2.05) is 35.2 Å². The van der Waals surface area contributed by atoms with E-state index in [1.54, 1.807) is 7.11 Å². The van der Waals surface area contributed by atoms with Crippen molar-refractivity contribution >= 4 is 16.8 Å². The standard InChI is InChI=1S/C21H22N2O2/c1-14-6-3-4-7-15(14)12-20(24)23-11-10-18-17(13-23)16-8-5-9-19(25-2)21(16)22-18/h3-9,22H,10-13H2,1-2H3. The van der Waals surface area contributed by atoms with Gasteiger partial charge in [0.1, 0.15) is 5.75 Å². The molecule has 0 unspecified atom stereocenters. The fourth-order valence-corrected chi connectivity index (χ4v) is 3.68. The van der Waals surface area contributed by atoms with Crippen molar-refractivity contribution in [3.05, 3.63) is 64.8 Å². The molecule has 0 spiro atoms. The number of carbonyl (C=O) groups is 1. The number of para-hydroxylation sites is 1. The quantitative estimate of drug-likeness (QED) is 0.795. The maximum absolute atomic E-state index is 12.8. The van der Waals surface area contributed by atoms with Gasteiger partial charge in [-0.25, -0.2) is 0 Å². The molecular formula is C21H22N2O2. The van der Waals surface area contributed by atoms with Gasteiger partial charge in [0.15, 0.2) is 0 Å². The van der Waals surface area contributed by atoms with Crippen LogP contribution in [0.2, 0.25) is 0 Å². The summed E-state index contributed by atoms with van der Waals surface area (Å²) in [7, 11) is 1.69. The van der Waals surface area contributed by atoms with E-state index in [0.717, 1.165) is 35.2 Å². The molecule has 1 aliphatic rings. The lowest BCUT2D eigenvalue weighted by atomic mass is 10.0. The topological polar surface area (TPSA) is 45.3 Å². The van der Waals surface area contributed by atoms with Crippen LogP contribution in [-0.2, 0) is 24.2 Å². The molecule has 1 aromatic heterocycles. The first-order valence-corrected chi connectivity index (χ1v) is 8.66. The number of methoxy groups -OCH3 is 1. The number of nitrogens with one attached hydrogen (secondary N) is 1. The number of aromatic nitrogens is 1. The Labute approximate surface area is 147 Å². The highest BCUT2D eigenvalue weighted by Gasteiger charge is 2.25. The van der Waals surface area contributed by atoms with Gasteiger partial charge in [-0.1, -0.05) is 36.4 Å². The number of H-pyrrole nitrogens is 1. The zero-order chi connectivity index (χ0) is 17.4. The van der Waals surface area contributed by atoms with Crippen molar-refractivity contribution in [2.45, 2.75) is 26.3 Å². The van der Waals surface area contributed by atoms with Crippen LogP contribution in [0, 0.1) is 6.92 Å². The molecular weight excluding hydrogens is 312 g/mol. The molecule has 0 aliphatic carbocycles. The van der Waals surface area contributed by atoms with Gasteiger partial charge >= 0.3 is 0 Å². The number of nitrogens with zero attached hydrogens (tertiary/aromatic N) is 1. The summed E-state index contributed by atoms with van der Waals surface area (Å²) in [6.07, 6.45) is 1.32. The third kappa shape index (κ3) is 2.78. The smallest absolute Gasteiger partial charge is 0.227 e. The molecule has 25 heavy (non-hydrogen) atoms. The molecule has 1 N–H and O–H groups in total. The Morgan fingerprint density at radius 2 is 2.04 bits per heavy atom. The second kappa shape index (κ2) is 6.28. The van der Waals surface area contributed by atoms with Gasteiger partial charge in [-0.15, -0.1) is 0 Å². The highest BCUT2D eigenvalue weighted by molar-refractivity contribution is 5.90. The molecule has 1 aliphatic heterocycles. The molecule has 128 valence electrons. The summed E-state index contributed by atoms with van der Waals surface area (Å²) in [4.78, 5) is 18.3. The lowest BCUT2D eigenvalue weighted by molar-refractivity contribution is -0.131. The Morgan fingerprint density at radius 1 is 1.20 bits per heavy atom. The lowest BCUT2D eigenvalue weighted by Gasteiger charge is -2.27. The first-order chi connectivity index (χ1) is 12.2. The van der Waals surface area contributed by atoms with Gasteiger partial charge < -0.3 is 14.6 Å². The van der Waals surface area contributed by atoms with Gasteiger partial charge in [-0.2, -0.15) is 0 Å². The van der Waals surface area contributed by atoms with E-state index >= 15 is 0 Å². The van der Waals surface area contributed by atoms with E-state index in [4.69, 9.17) is 4.74 Å². The van der Waals surface area contributed by atoms with Crippen LogP contribution in [0.4, 0.5) is 0 Å². The van der Waals surface area contributed by atoms with Gasteiger partial charge in [0.2, 0.25) is 5.91 Å². The fourth-order valence-electron chi connectivity index (χ4n) is 3.68. The lowest BCUT2D eigenvalue weighted by Crippen LogP contribution is -2.36. The Morgan fingerprint density at radius 3 is 2.84 bits per heavy atom. The van der Waals surface area contributed by atoms with Crippen LogP contribution in [0.3, 0.4) is 0 Å². The average molecular weight is 334 g/mol. The number of carbonyl (C=O) groups excluding carboxylic acids is 1. The molecule has 4 rings (SSSR count). The maximum Gasteiger partial charge on any atom is 0.227 e. The Hall–Kier alpha value is -2.75. The molecule has 0 saturated heterocycles. The molecule has 3 aromatic rings. The summed E-state index contributed by atoms with van der Waals surface area (Å²) in [5.74, 6) is 1.04. The average Bonchev–Trinajstić information content (AvgIpc) is 3.01. The number of hydrogen-bond donors (Lipinski definition) is 1. The van der Waals surface area contributed by atoms with Crippen LogP contribution in [0.25, 0.3) is 10.9 Å². The molecule has 4 nitrogen and oxygen atoms in total. The molecule has 0 saturated carbocycles. The molecule has 0 atom stereocenters. The minimum absolute atomic E-state index is 0.192. The first kappa shape index (κ1) is 15.8. The fraction of sp³-hybridized carbons (Fsp3) is 0.286. The molecule has 4 heteroatoms. The van der Waals surface area contributed by atoms with Crippen LogP contribution in [0.5, 0.6) is 5.75 Å². The van der Waals surface area contributed by atoms with Crippen molar-refractivity contribution in [1.82, 2.24) is 9.88 Å². The third-order valence-electron chi connectivity index (χ3n) is 5.15. The van der Waals surface area contributed by atoms with Gasteiger partial charge in [0.05, 0.1) is 19.0 Å². The predicted molar refractivity (Wildman–Crippen MR) is 98.9 cm³/mol. The molecule has 2 heterocycles. The van der Waals surface area contributed by atoms with Crippen molar-refractivity contribution in [2.24, 2.45) is 0 Å². The summed E-state index contributed by atoms with van der Waals surface area (Å²) in [6, 6.07) is 14.2. The molecule has 0 fully saturated rings. The SMILES string of the molecule is COc1cccc2c3c([nH]c12)CCN(C(=O)Cc1ccccc1C)C3. The number of rotatable bonds is 3. The summed E-state index contributed by atoms with van der Waals surface area (Å²) in [5, 5.41) is 1.16. The Bertz CT molecular complexity index is 942. The molecule has 2 aromatic carbocycles. The minimum Gasteiger partial charge on any atom is -0.495 e. The van der Waals surface area contributed by atoms with Crippen molar-refractivity contribution in [2.75, 3.05) is 13.7 Å². The molecule has 0 bridgehead atoms. The first-order valence-electron chi connectivity index (χ1n) is 8.66. The molecule has 1 amide bonds. The van der Waals surface area contributed by atoms with Crippen LogP contribution in [0.1, 0.15) is 22.4 Å². The van der Waals surface area contributed by atoms with Crippen LogP contribution >= 0.6 is 0 Å². The number of aromatic amines is 1. The van der Waals surface area contributed by atoms with Crippen molar-refractivity contribution in [3.8, 4) is 5.75 Å². The van der Waals surface area contributed by atoms with E-state index in [1.165, 1.54) is 16.8 Å². The molecule has 0 radical (unpaired) electrons. The van der Waals surface area contributed by atoms with Gasteiger partial charge in [-0.05, 0) is 24.1 Å². The number of amides is 1. The number of ether oxygens (including phenoxy) is 1. The highest BCUT2D eigenvalue weighted by Crippen LogP contribution is 2.33. The Kier molecular flexibility index (Phi) is 3.96. The minimum atomic E-state index is 0.192. The van der Waals surface area contributed by atoms with Crippen molar-refractivity contribution < 1.29 is 9.53 Å². The maximum atomic E-state index is 12.8. The zero-order valence-electron chi connectivity index (χ0n) is 14.6. The number of aryl methyl sites for hydroxylation is 1. The van der Waals surface area contributed by atoms with Crippen LogP contribution in [-0.4, -0.2) is 29.4 Å². The van der Waals surface area contributed by atoms with E-state index in [9.17, 15) is 4.79 Å². The van der Waals surface area contributed by atoms with E-state index < -0.39 is 0 Å². The van der Waals surface area contributed by atoms with E-state index in [0.29, 0.717) is 13.0 Å². The second-order valence-electron chi connectivity index (χ2n) is 6.63. The van der Waals surface area contributed by atoms with Crippen molar-refractivity contribution in [1.29, 1.82) is 0 Å². The summed E-state index contributed by atoms with van der Waals surface area (Å²) in [6.45, 7) is 3.48. The summed E-state index contributed by atoms with van der Waals surface area (Å²) in [5.41, 5.74) is 5.75. The van der Waals surface area contributed by atoms with Gasteiger partial charge in [0.25, 0.3) is 0 Å². The zero-order valence-corrected chi connectivity index (χ0v) is 14.6. The van der Waals surface area contributed by atoms with E-state index in [2.05, 4.69) is 24.0 Å². The number of fused-ring (bicyclic) bond motifs is 3. The van der Waals surface area contributed by atoms with Gasteiger partial charge in [-0.3, -0.25) is 4.79 Å². The summed E-state index contributed by atoms with van der Waals surface area (Å²) < 4.78 is 5.46. The second-order valence-corrected chi connectivity index (χ2v) is 6.63. The largest absolute Gasteiger partial charge is 0.495 e. The normalized spacial score (nSPS) is 13.8. The van der Waals surface area contributed by atoms with Crippen molar-refractivity contribution in [3.63, 3.8) is 0 Å². The number of hydrogen-bond acceptors (Lipinski definition) is 2.